The van der Waals surface area contributed by atoms with Crippen LogP contribution in [-0.2, 0) is 5.54 Å². The molecule has 0 aliphatic heterocycles. The molecule has 0 saturated heterocycles. The molecular weight excluding hydrogens is 237 g/mol. The molecule has 1 aromatic carbocycles. The summed E-state index contributed by atoms with van der Waals surface area (Å²) in [5.41, 5.74) is 7.30. The highest BCUT2D eigenvalue weighted by atomic mass is 19.1. The molecule has 1 saturated carbocycles. The van der Waals surface area contributed by atoms with Crippen LogP contribution in [0.25, 0.3) is 0 Å². The monoisotopic (exact) mass is 263 g/mol. The van der Waals surface area contributed by atoms with Crippen LogP contribution in [-0.4, -0.2) is 0 Å². The molecule has 0 radical (unpaired) electrons. The Morgan fingerprint density at radius 2 is 1.84 bits per heavy atom. The summed E-state index contributed by atoms with van der Waals surface area (Å²) in [7, 11) is 0. The Kier molecular flexibility index (Phi) is 4.29. The zero-order valence-electron chi connectivity index (χ0n) is 12.3. The van der Waals surface area contributed by atoms with Gasteiger partial charge in [-0.05, 0) is 61.1 Å². The Morgan fingerprint density at radius 3 is 2.37 bits per heavy atom. The van der Waals surface area contributed by atoms with Crippen molar-refractivity contribution in [3.63, 3.8) is 0 Å². The van der Waals surface area contributed by atoms with E-state index in [-0.39, 0.29) is 11.4 Å². The molecule has 1 nitrogen and oxygen atoms in total. The van der Waals surface area contributed by atoms with Gasteiger partial charge >= 0.3 is 0 Å². The molecule has 2 rings (SSSR count). The summed E-state index contributed by atoms with van der Waals surface area (Å²) in [6.07, 6.45) is 4.47. The summed E-state index contributed by atoms with van der Waals surface area (Å²) in [5, 5.41) is 0. The summed E-state index contributed by atoms with van der Waals surface area (Å²) in [6, 6.07) is 6.87. The number of hydrogen-bond donors (Lipinski definition) is 1. The maximum absolute atomic E-state index is 13.5. The average molecular weight is 263 g/mol. The van der Waals surface area contributed by atoms with Crippen molar-refractivity contribution < 1.29 is 4.39 Å². The molecular formula is C17H26FN. The van der Waals surface area contributed by atoms with E-state index in [1.807, 2.05) is 6.07 Å². The highest BCUT2D eigenvalue weighted by Crippen LogP contribution is 2.43. The number of hydrogen-bond acceptors (Lipinski definition) is 1. The number of nitrogens with two attached hydrogens (primary N) is 1. The third-order valence-corrected chi connectivity index (χ3v) is 4.85. The molecule has 0 heterocycles. The van der Waals surface area contributed by atoms with Crippen molar-refractivity contribution in [1.29, 1.82) is 0 Å². The van der Waals surface area contributed by atoms with Crippen LogP contribution in [0.1, 0.15) is 52.0 Å². The van der Waals surface area contributed by atoms with Crippen molar-refractivity contribution >= 4 is 0 Å². The first-order valence-corrected chi connectivity index (χ1v) is 7.50. The second-order valence-corrected chi connectivity index (χ2v) is 6.52. The molecule has 0 amide bonds. The average Bonchev–Trinajstić information content (AvgIpc) is 2.36. The van der Waals surface area contributed by atoms with Crippen LogP contribution in [0.2, 0.25) is 0 Å². The second kappa shape index (κ2) is 5.62. The molecule has 1 aliphatic rings. The van der Waals surface area contributed by atoms with Crippen molar-refractivity contribution in [2.75, 3.05) is 0 Å². The lowest BCUT2D eigenvalue weighted by Crippen LogP contribution is -2.46. The van der Waals surface area contributed by atoms with Gasteiger partial charge in [-0.25, -0.2) is 4.39 Å². The summed E-state index contributed by atoms with van der Waals surface area (Å²) in [5.74, 6) is 1.71. The van der Waals surface area contributed by atoms with E-state index in [9.17, 15) is 4.39 Å². The Balaban J connectivity index is 2.31. The molecule has 19 heavy (non-hydrogen) atoms. The maximum atomic E-state index is 13.5. The Hall–Kier alpha value is -0.890. The fourth-order valence-electron chi connectivity index (χ4n) is 3.87. The smallest absolute Gasteiger partial charge is 0.123 e. The third kappa shape index (κ3) is 3.00. The van der Waals surface area contributed by atoms with Crippen LogP contribution >= 0.6 is 0 Å². The van der Waals surface area contributed by atoms with E-state index in [0.29, 0.717) is 5.92 Å². The largest absolute Gasteiger partial charge is 0.321 e. The van der Waals surface area contributed by atoms with Crippen LogP contribution in [0.15, 0.2) is 24.3 Å². The minimum Gasteiger partial charge on any atom is -0.321 e. The van der Waals surface area contributed by atoms with Gasteiger partial charge in [-0.15, -0.1) is 0 Å². The Labute approximate surface area is 116 Å². The van der Waals surface area contributed by atoms with Gasteiger partial charge in [0.15, 0.2) is 0 Å². The first-order valence-electron chi connectivity index (χ1n) is 7.50. The molecule has 106 valence electrons. The fraction of sp³-hybridized carbons (Fsp3) is 0.647. The predicted octanol–water partition coefficient (Wildman–Crippen LogP) is 4.46. The van der Waals surface area contributed by atoms with E-state index in [0.717, 1.165) is 36.7 Å². The van der Waals surface area contributed by atoms with Crippen molar-refractivity contribution in [3.8, 4) is 0 Å². The lowest BCUT2D eigenvalue weighted by Gasteiger charge is -2.43. The van der Waals surface area contributed by atoms with E-state index in [1.165, 1.54) is 12.5 Å². The van der Waals surface area contributed by atoms with Crippen LogP contribution in [0.3, 0.4) is 0 Å². The van der Waals surface area contributed by atoms with E-state index in [1.54, 1.807) is 12.1 Å². The highest BCUT2D eigenvalue weighted by molar-refractivity contribution is 5.26. The topological polar surface area (TPSA) is 26.0 Å². The van der Waals surface area contributed by atoms with Crippen molar-refractivity contribution in [2.45, 2.75) is 52.0 Å². The number of rotatable bonds is 3. The van der Waals surface area contributed by atoms with Gasteiger partial charge in [0.25, 0.3) is 0 Å². The standard InChI is InChI=1S/C17H26FN/c1-4-17(19,14-6-5-7-16(18)11-14)15-9-12(2)8-13(3)10-15/h5-7,11-13,15H,4,8-10,19H2,1-3H3. The summed E-state index contributed by atoms with van der Waals surface area (Å²) in [6.45, 7) is 6.74. The van der Waals surface area contributed by atoms with Gasteiger partial charge in [-0.3, -0.25) is 0 Å². The van der Waals surface area contributed by atoms with Crippen LogP contribution < -0.4 is 5.73 Å². The summed E-state index contributed by atoms with van der Waals surface area (Å²) >= 11 is 0. The molecule has 0 aromatic heterocycles. The Bertz CT molecular complexity index is 421. The first-order chi connectivity index (χ1) is 8.95. The molecule has 2 heteroatoms. The van der Waals surface area contributed by atoms with Gasteiger partial charge in [-0.1, -0.05) is 32.9 Å². The van der Waals surface area contributed by atoms with Crippen LogP contribution in [0.5, 0.6) is 0 Å². The zero-order valence-corrected chi connectivity index (χ0v) is 12.3. The Morgan fingerprint density at radius 1 is 1.21 bits per heavy atom. The summed E-state index contributed by atoms with van der Waals surface area (Å²) < 4.78 is 13.5. The SMILES string of the molecule is CCC(N)(c1cccc(F)c1)C1CC(C)CC(C)C1. The molecule has 1 fully saturated rings. The van der Waals surface area contributed by atoms with Gasteiger partial charge in [0.1, 0.15) is 5.82 Å². The first kappa shape index (κ1) is 14.5. The maximum Gasteiger partial charge on any atom is 0.123 e. The molecule has 3 unspecified atom stereocenters. The van der Waals surface area contributed by atoms with Crippen LogP contribution in [0.4, 0.5) is 4.39 Å². The quantitative estimate of drug-likeness (QED) is 0.856. The molecule has 0 bridgehead atoms. The van der Waals surface area contributed by atoms with Gasteiger partial charge in [-0.2, -0.15) is 0 Å². The van der Waals surface area contributed by atoms with Crippen LogP contribution in [0, 0.1) is 23.6 Å². The van der Waals surface area contributed by atoms with Gasteiger partial charge in [0, 0.05) is 5.54 Å². The van der Waals surface area contributed by atoms with Crippen molar-refractivity contribution in [3.05, 3.63) is 35.6 Å². The third-order valence-electron chi connectivity index (χ3n) is 4.85. The molecule has 3 atom stereocenters. The molecule has 1 aromatic rings. The lowest BCUT2D eigenvalue weighted by molar-refractivity contribution is 0.130. The van der Waals surface area contributed by atoms with Gasteiger partial charge in [0.05, 0.1) is 0 Å². The number of benzene rings is 1. The molecule has 0 spiro atoms. The van der Waals surface area contributed by atoms with E-state index < -0.39 is 0 Å². The normalized spacial score (nSPS) is 30.9. The minimum absolute atomic E-state index is 0.183. The zero-order chi connectivity index (χ0) is 14.0. The molecule has 2 N–H and O–H groups in total. The summed E-state index contributed by atoms with van der Waals surface area (Å²) in [4.78, 5) is 0. The fourth-order valence-corrected chi connectivity index (χ4v) is 3.87. The van der Waals surface area contributed by atoms with E-state index in [4.69, 9.17) is 5.73 Å². The minimum atomic E-state index is -0.384. The lowest BCUT2D eigenvalue weighted by atomic mass is 9.65. The number of halogens is 1. The van der Waals surface area contributed by atoms with E-state index in [2.05, 4.69) is 20.8 Å². The van der Waals surface area contributed by atoms with Crippen molar-refractivity contribution in [1.82, 2.24) is 0 Å². The van der Waals surface area contributed by atoms with Gasteiger partial charge in [0.2, 0.25) is 0 Å². The van der Waals surface area contributed by atoms with E-state index >= 15 is 0 Å². The van der Waals surface area contributed by atoms with Crippen molar-refractivity contribution in [2.24, 2.45) is 23.5 Å². The molecule has 1 aliphatic carbocycles. The predicted molar refractivity (Wildman–Crippen MR) is 78.2 cm³/mol. The second-order valence-electron chi connectivity index (χ2n) is 6.52. The van der Waals surface area contributed by atoms with Gasteiger partial charge < -0.3 is 5.73 Å². The highest BCUT2D eigenvalue weighted by Gasteiger charge is 2.39.